The van der Waals surface area contributed by atoms with Crippen LogP contribution in [0.5, 0.6) is 0 Å². The molecule has 0 atom stereocenters. The zero-order chi connectivity index (χ0) is 13.9. The van der Waals surface area contributed by atoms with Crippen LogP contribution in [0, 0.1) is 5.82 Å². The first-order valence-electron chi connectivity index (χ1n) is 6.94. The normalized spacial score (nSPS) is 19.6. The Balaban J connectivity index is 2.07. The maximum Gasteiger partial charge on any atom is 0.146 e. The third-order valence-corrected chi connectivity index (χ3v) is 4.06. The van der Waals surface area contributed by atoms with Crippen LogP contribution < -0.4 is 5.32 Å². The van der Waals surface area contributed by atoms with Gasteiger partial charge in [0.05, 0.1) is 17.8 Å². The molecule has 0 aliphatic carbocycles. The van der Waals surface area contributed by atoms with E-state index in [1.807, 2.05) is 0 Å². The van der Waals surface area contributed by atoms with Crippen LogP contribution in [0.15, 0.2) is 24.3 Å². The summed E-state index contributed by atoms with van der Waals surface area (Å²) in [4.78, 5) is 2.39. The van der Waals surface area contributed by atoms with E-state index < -0.39 is 5.54 Å². The van der Waals surface area contributed by atoms with E-state index in [1.54, 1.807) is 18.2 Å². The summed E-state index contributed by atoms with van der Waals surface area (Å²) >= 11 is 0. The average molecular weight is 266 g/mol. The van der Waals surface area contributed by atoms with Gasteiger partial charge in [-0.2, -0.15) is 0 Å². The minimum absolute atomic E-state index is 0.0350. The Morgan fingerprint density at radius 1 is 1.32 bits per heavy atom. The second kappa shape index (κ2) is 5.88. The second-order valence-electron chi connectivity index (χ2n) is 5.67. The van der Waals surface area contributed by atoms with Gasteiger partial charge in [0.1, 0.15) is 5.82 Å². The summed E-state index contributed by atoms with van der Waals surface area (Å²) in [6.45, 7) is 6.25. The molecule has 4 heteroatoms. The quantitative estimate of drug-likeness (QED) is 0.879. The molecule has 19 heavy (non-hydrogen) atoms. The minimum atomic E-state index is -0.395. The summed E-state index contributed by atoms with van der Waals surface area (Å²) in [6.07, 6.45) is 1.66. The van der Waals surface area contributed by atoms with Crippen molar-refractivity contribution in [3.8, 4) is 0 Å². The van der Waals surface area contributed by atoms with Gasteiger partial charge in [-0.1, -0.05) is 12.1 Å². The summed E-state index contributed by atoms with van der Waals surface area (Å²) < 4.78 is 13.7. The van der Waals surface area contributed by atoms with E-state index in [9.17, 15) is 9.50 Å². The molecule has 2 rings (SSSR count). The number of nitrogens with one attached hydrogen (secondary N) is 1. The Labute approximate surface area is 114 Å². The van der Waals surface area contributed by atoms with E-state index in [1.165, 1.54) is 6.07 Å². The Morgan fingerprint density at radius 3 is 2.47 bits per heavy atom. The standard InChI is InChI=1S/C15H23FN2O/c1-12(2)18-9-7-15(11-19,8-10-18)17-14-6-4-3-5-13(14)16/h3-6,12,17,19H,7-11H2,1-2H3. The number of likely N-dealkylation sites (tertiary alicyclic amines) is 1. The van der Waals surface area contributed by atoms with Crippen LogP contribution in [-0.4, -0.2) is 41.3 Å². The Morgan fingerprint density at radius 2 is 1.95 bits per heavy atom. The molecule has 1 aliphatic rings. The fourth-order valence-electron chi connectivity index (χ4n) is 2.64. The Bertz CT molecular complexity index is 414. The van der Waals surface area contributed by atoms with Crippen molar-refractivity contribution in [2.45, 2.75) is 38.3 Å². The van der Waals surface area contributed by atoms with Gasteiger partial charge in [0.15, 0.2) is 0 Å². The average Bonchev–Trinajstić information content (AvgIpc) is 2.42. The lowest BCUT2D eigenvalue weighted by atomic mass is 9.87. The van der Waals surface area contributed by atoms with Crippen LogP contribution in [0.2, 0.25) is 0 Å². The molecule has 0 bridgehead atoms. The van der Waals surface area contributed by atoms with Gasteiger partial charge in [-0.05, 0) is 38.8 Å². The maximum absolute atomic E-state index is 13.7. The number of nitrogens with zero attached hydrogens (tertiary/aromatic N) is 1. The Hall–Kier alpha value is -1.13. The Kier molecular flexibility index (Phi) is 4.42. The molecule has 1 aliphatic heterocycles. The van der Waals surface area contributed by atoms with Gasteiger partial charge < -0.3 is 15.3 Å². The van der Waals surface area contributed by atoms with Gasteiger partial charge in [0.25, 0.3) is 0 Å². The zero-order valence-electron chi connectivity index (χ0n) is 11.7. The van der Waals surface area contributed by atoms with Crippen LogP contribution in [0.4, 0.5) is 10.1 Å². The lowest BCUT2D eigenvalue weighted by Gasteiger charge is -2.43. The molecule has 1 saturated heterocycles. The molecular formula is C15H23FN2O. The molecule has 0 unspecified atom stereocenters. The van der Waals surface area contributed by atoms with Crippen LogP contribution in [0.1, 0.15) is 26.7 Å². The predicted octanol–water partition coefficient (Wildman–Crippen LogP) is 2.47. The first kappa shape index (κ1) is 14.3. The fraction of sp³-hybridized carbons (Fsp3) is 0.600. The van der Waals surface area contributed by atoms with Crippen molar-refractivity contribution in [1.82, 2.24) is 4.90 Å². The van der Waals surface area contributed by atoms with E-state index in [-0.39, 0.29) is 12.4 Å². The smallest absolute Gasteiger partial charge is 0.146 e. The van der Waals surface area contributed by atoms with Crippen molar-refractivity contribution in [1.29, 1.82) is 0 Å². The number of rotatable bonds is 4. The highest BCUT2D eigenvalue weighted by Crippen LogP contribution is 2.28. The topological polar surface area (TPSA) is 35.5 Å². The largest absolute Gasteiger partial charge is 0.394 e. The first-order chi connectivity index (χ1) is 9.06. The van der Waals surface area contributed by atoms with E-state index >= 15 is 0 Å². The molecule has 0 aromatic heterocycles. The molecule has 0 amide bonds. The summed E-state index contributed by atoms with van der Waals surface area (Å²) in [6, 6.07) is 7.16. The molecule has 1 fully saturated rings. The van der Waals surface area contributed by atoms with Crippen LogP contribution >= 0.6 is 0 Å². The van der Waals surface area contributed by atoms with E-state index in [2.05, 4.69) is 24.1 Å². The molecule has 0 spiro atoms. The molecule has 0 saturated carbocycles. The van der Waals surface area contributed by atoms with E-state index in [0.717, 1.165) is 25.9 Å². The van der Waals surface area contributed by atoms with Crippen molar-refractivity contribution in [2.75, 3.05) is 25.0 Å². The van der Waals surface area contributed by atoms with Crippen molar-refractivity contribution in [3.05, 3.63) is 30.1 Å². The van der Waals surface area contributed by atoms with Gasteiger partial charge in [-0.15, -0.1) is 0 Å². The third-order valence-electron chi connectivity index (χ3n) is 4.06. The highest BCUT2D eigenvalue weighted by Gasteiger charge is 2.35. The monoisotopic (exact) mass is 266 g/mol. The van der Waals surface area contributed by atoms with Crippen LogP contribution in [0.3, 0.4) is 0 Å². The molecule has 3 nitrogen and oxygen atoms in total. The molecule has 106 valence electrons. The lowest BCUT2D eigenvalue weighted by molar-refractivity contribution is 0.100. The number of hydrogen-bond donors (Lipinski definition) is 2. The van der Waals surface area contributed by atoms with Crippen molar-refractivity contribution in [3.63, 3.8) is 0 Å². The number of halogens is 1. The molecule has 2 N–H and O–H groups in total. The van der Waals surface area contributed by atoms with Gasteiger partial charge in [0.2, 0.25) is 0 Å². The number of anilines is 1. The maximum atomic E-state index is 13.7. The highest BCUT2D eigenvalue weighted by molar-refractivity contribution is 5.47. The van der Waals surface area contributed by atoms with Crippen LogP contribution in [0.25, 0.3) is 0 Å². The number of piperidine rings is 1. The minimum Gasteiger partial charge on any atom is -0.394 e. The van der Waals surface area contributed by atoms with Crippen molar-refractivity contribution in [2.24, 2.45) is 0 Å². The predicted molar refractivity (Wildman–Crippen MR) is 75.8 cm³/mol. The highest BCUT2D eigenvalue weighted by atomic mass is 19.1. The molecular weight excluding hydrogens is 243 g/mol. The van der Waals surface area contributed by atoms with Crippen LogP contribution in [-0.2, 0) is 0 Å². The van der Waals surface area contributed by atoms with Gasteiger partial charge in [0, 0.05) is 19.1 Å². The zero-order valence-corrected chi connectivity index (χ0v) is 11.7. The second-order valence-corrected chi connectivity index (χ2v) is 5.67. The summed E-state index contributed by atoms with van der Waals surface area (Å²) in [5, 5.41) is 12.9. The van der Waals surface area contributed by atoms with E-state index in [0.29, 0.717) is 11.7 Å². The molecule has 1 heterocycles. The molecule has 0 radical (unpaired) electrons. The summed E-state index contributed by atoms with van der Waals surface area (Å²) in [5.41, 5.74) is 0.0858. The molecule has 1 aromatic rings. The number of aliphatic hydroxyl groups excluding tert-OH is 1. The van der Waals surface area contributed by atoms with Crippen molar-refractivity contribution < 1.29 is 9.50 Å². The first-order valence-corrected chi connectivity index (χ1v) is 6.94. The van der Waals surface area contributed by atoms with Crippen molar-refractivity contribution >= 4 is 5.69 Å². The van der Waals surface area contributed by atoms with Gasteiger partial charge in [-0.25, -0.2) is 4.39 Å². The van der Waals surface area contributed by atoms with Gasteiger partial charge in [-0.3, -0.25) is 0 Å². The van der Waals surface area contributed by atoms with E-state index in [4.69, 9.17) is 0 Å². The summed E-state index contributed by atoms with van der Waals surface area (Å²) in [5.74, 6) is -0.262. The summed E-state index contributed by atoms with van der Waals surface area (Å²) in [7, 11) is 0. The lowest BCUT2D eigenvalue weighted by Crippen LogP contribution is -2.53. The third kappa shape index (κ3) is 3.25. The SMILES string of the molecule is CC(C)N1CCC(CO)(Nc2ccccc2F)CC1. The number of benzene rings is 1. The number of hydrogen-bond acceptors (Lipinski definition) is 3. The fourth-order valence-corrected chi connectivity index (χ4v) is 2.64. The number of aliphatic hydroxyl groups is 1. The van der Waals surface area contributed by atoms with Gasteiger partial charge >= 0.3 is 0 Å². The number of para-hydroxylation sites is 1. The molecule has 1 aromatic carbocycles.